The third kappa shape index (κ3) is 7.16. The van der Waals surface area contributed by atoms with Gasteiger partial charge in [-0.3, -0.25) is 4.90 Å². The van der Waals surface area contributed by atoms with Crippen LogP contribution in [-0.2, 0) is 0 Å². The maximum Gasteiger partial charge on any atom is 0.407 e. The number of rotatable bonds is 8. The highest BCUT2D eigenvalue weighted by molar-refractivity contribution is 5.65. The number of hydrogen-bond acceptors (Lipinski definition) is 4. The van der Waals surface area contributed by atoms with Gasteiger partial charge in [-0.1, -0.05) is 32.9 Å². The molecule has 31 heavy (non-hydrogen) atoms. The first kappa shape index (κ1) is 24.0. The Balaban J connectivity index is 1.57. The molecule has 0 spiro atoms. The average Bonchev–Trinajstić information content (AvgIpc) is 2.66. The highest BCUT2D eigenvalue weighted by Crippen LogP contribution is 2.27. The number of aliphatic hydroxyl groups is 1. The first-order valence-corrected chi connectivity index (χ1v) is 11.5. The molecule has 3 rings (SSSR count). The molecule has 1 aromatic rings. The molecule has 0 saturated carbocycles. The standard InChI is InChI=1S/C24H38FN3O3/c1-24(2,3)17-28(23(30)31)14-19(18-4-6-20(25)7-5-18)8-11-26-15-21(16-26)27-12-9-22(29)10-13-27/h4-7,19,21-22,29H,8-17H2,1-3H3,(H,30,31). The van der Waals surface area contributed by atoms with Crippen LogP contribution in [0.1, 0.15) is 51.5 Å². The number of aliphatic hydroxyl groups excluding tert-OH is 1. The summed E-state index contributed by atoms with van der Waals surface area (Å²) in [6.07, 6.45) is 1.52. The Morgan fingerprint density at radius 3 is 2.35 bits per heavy atom. The van der Waals surface area contributed by atoms with Gasteiger partial charge < -0.3 is 20.0 Å². The summed E-state index contributed by atoms with van der Waals surface area (Å²) in [4.78, 5) is 18.3. The molecule has 1 unspecified atom stereocenters. The van der Waals surface area contributed by atoms with Gasteiger partial charge in [0.1, 0.15) is 5.82 Å². The van der Waals surface area contributed by atoms with Crippen LogP contribution in [0, 0.1) is 11.2 Å². The number of hydrogen-bond donors (Lipinski definition) is 2. The molecular weight excluding hydrogens is 397 g/mol. The fourth-order valence-electron chi connectivity index (χ4n) is 4.69. The largest absolute Gasteiger partial charge is 0.465 e. The molecule has 1 atom stereocenters. The van der Waals surface area contributed by atoms with E-state index in [-0.39, 0.29) is 23.3 Å². The molecule has 1 amide bonds. The Bertz CT molecular complexity index is 708. The van der Waals surface area contributed by atoms with Crippen molar-refractivity contribution in [3.63, 3.8) is 0 Å². The van der Waals surface area contributed by atoms with Crippen LogP contribution >= 0.6 is 0 Å². The lowest BCUT2D eigenvalue weighted by atomic mass is 9.91. The number of likely N-dealkylation sites (tertiary alicyclic amines) is 2. The van der Waals surface area contributed by atoms with Gasteiger partial charge in [0.2, 0.25) is 0 Å². The summed E-state index contributed by atoms with van der Waals surface area (Å²) in [6.45, 7) is 11.9. The third-order valence-corrected chi connectivity index (χ3v) is 6.47. The number of amides is 1. The van der Waals surface area contributed by atoms with Crippen molar-refractivity contribution in [3.05, 3.63) is 35.6 Å². The van der Waals surface area contributed by atoms with E-state index in [0.29, 0.717) is 19.1 Å². The number of piperidine rings is 1. The zero-order valence-electron chi connectivity index (χ0n) is 19.1. The van der Waals surface area contributed by atoms with E-state index in [0.717, 1.165) is 57.5 Å². The fraction of sp³-hybridized carbons (Fsp3) is 0.708. The molecule has 2 aliphatic heterocycles. The van der Waals surface area contributed by atoms with E-state index in [2.05, 4.69) is 9.80 Å². The maximum absolute atomic E-state index is 13.5. The summed E-state index contributed by atoms with van der Waals surface area (Å²) in [5, 5.41) is 19.4. The Kier molecular flexibility index (Phi) is 7.94. The van der Waals surface area contributed by atoms with Crippen LogP contribution in [-0.4, -0.2) is 89.0 Å². The molecule has 0 aromatic heterocycles. The van der Waals surface area contributed by atoms with Crippen LogP contribution < -0.4 is 0 Å². The topological polar surface area (TPSA) is 67.2 Å². The highest BCUT2D eigenvalue weighted by Gasteiger charge is 2.34. The molecule has 1 aromatic carbocycles. The second-order valence-corrected chi connectivity index (χ2v) is 10.4. The lowest BCUT2D eigenvalue weighted by Gasteiger charge is -2.47. The van der Waals surface area contributed by atoms with Crippen molar-refractivity contribution in [3.8, 4) is 0 Å². The summed E-state index contributed by atoms with van der Waals surface area (Å²) in [5.41, 5.74) is 0.863. The highest BCUT2D eigenvalue weighted by atomic mass is 19.1. The third-order valence-electron chi connectivity index (χ3n) is 6.47. The molecule has 2 N–H and O–H groups in total. The second-order valence-electron chi connectivity index (χ2n) is 10.4. The second kappa shape index (κ2) is 10.3. The van der Waals surface area contributed by atoms with Gasteiger partial charge >= 0.3 is 6.09 Å². The Morgan fingerprint density at radius 2 is 1.81 bits per heavy atom. The van der Waals surface area contributed by atoms with Crippen molar-refractivity contribution in [1.82, 2.24) is 14.7 Å². The zero-order valence-corrected chi connectivity index (χ0v) is 19.1. The molecular formula is C24H38FN3O3. The molecule has 2 fully saturated rings. The van der Waals surface area contributed by atoms with Gasteiger partial charge in [-0.05, 0) is 48.9 Å². The smallest absolute Gasteiger partial charge is 0.407 e. The quantitative estimate of drug-likeness (QED) is 0.655. The molecule has 2 heterocycles. The van der Waals surface area contributed by atoms with Crippen LogP contribution in [0.5, 0.6) is 0 Å². The first-order chi connectivity index (χ1) is 14.6. The molecule has 6 nitrogen and oxygen atoms in total. The molecule has 174 valence electrons. The van der Waals surface area contributed by atoms with E-state index >= 15 is 0 Å². The Morgan fingerprint density at radius 1 is 1.19 bits per heavy atom. The van der Waals surface area contributed by atoms with Crippen LogP contribution in [0.3, 0.4) is 0 Å². The normalized spacial score (nSPS) is 20.4. The number of carbonyl (C=O) groups is 1. The van der Waals surface area contributed by atoms with E-state index < -0.39 is 6.09 Å². The lowest BCUT2D eigenvalue weighted by molar-refractivity contribution is -0.00555. The van der Waals surface area contributed by atoms with E-state index in [1.165, 1.54) is 17.0 Å². The van der Waals surface area contributed by atoms with Crippen LogP contribution in [0.25, 0.3) is 0 Å². The van der Waals surface area contributed by atoms with Gasteiger partial charge in [-0.15, -0.1) is 0 Å². The summed E-state index contributed by atoms with van der Waals surface area (Å²) in [6, 6.07) is 7.06. The van der Waals surface area contributed by atoms with Crippen molar-refractivity contribution in [2.75, 3.05) is 45.8 Å². The van der Waals surface area contributed by atoms with Gasteiger partial charge in [0.25, 0.3) is 0 Å². The van der Waals surface area contributed by atoms with Crippen LogP contribution in [0.15, 0.2) is 24.3 Å². The molecule has 2 saturated heterocycles. The van der Waals surface area contributed by atoms with Crippen molar-refractivity contribution in [2.24, 2.45) is 5.41 Å². The van der Waals surface area contributed by atoms with E-state index in [9.17, 15) is 19.4 Å². The molecule has 7 heteroatoms. The van der Waals surface area contributed by atoms with Gasteiger partial charge in [0.05, 0.1) is 6.10 Å². The maximum atomic E-state index is 13.5. The van der Waals surface area contributed by atoms with Gasteiger partial charge in [0, 0.05) is 51.2 Å². The summed E-state index contributed by atoms with van der Waals surface area (Å²) in [7, 11) is 0. The summed E-state index contributed by atoms with van der Waals surface area (Å²) < 4.78 is 13.5. The van der Waals surface area contributed by atoms with E-state index in [1.54, 1.807) is 12.1 Å². The van der Waals surface area contributed by atoms with Crippen molar-refractivity contribution >= 4 is 6.09 Å². The fourth-order valence-corrected chi connectivity index (χ4v) is 4.69. The monoisotopic (exact) mass is 435 g/mol. The van der Waals surface area contributed by atoms with Crippen molar-refractivity contribution in [1.29, 1.82) is 0 Å². The Hall–Kier alpha value is -1.70. The predicted octanol–water partition coefficient (Wildman–Crippen LogP) is 3.47. The van der Waals surface area contributed by atoms with E-state index in [4.69, 9.17) is 0 Å². The van der Waals surface area contributed by atoms with Gasteiger partial charge in [-0.2, -0.15) is 0 Å². The Labute approximate surface area is 185 Å². The predicted molar refractivity (Wildman–Crippen MR) is 120 cm³/mol. The number of benzene rings is 1. The van der Waals surface area contributed by atoms with Crippen molar-refractivity contribution in [2.45, 2.75) is 58.1 Å². The van der Waals surface area contributed by atoms with Crippen LogP contribution in [0.4, 0.5) is 9.18 Å². The summed E-state index contributed by atoms with van der Waals surface area (Å²) >= 11 is 0. The van der Waals surface area contributed by atoms with E-state index in [1.807, 2.05) is 20.8 Å². The zero-order chi connectivity index (χ0) is 22.6. The minimum Gasteiger partial charge on any atom is -0.465 e. The summed E-state index contributed by atoms with van der Waals surface area (Å²) in [5.74, 6) is -0.243. The molecule has 0 bridgehead atoms. The first-order valence-electron chi connectivity index (χ1n) is 11.5. The molecule has 0 aliphatic carbocycles. The number of halogens is 1. The molecule has 0 radical (unpaired) electrons. The minimum absolute atomic E-state index is 0.0308. The number of carboxylic acid groups (broad SMARTS) is 1. The average molecular weight is 436 g/mol. The lowest BCUT2D eigenvalue weighted by Crippen LogP contribution is -2.61. The molecule has 2 aliphatic rings. The van der Waals surface area contributed by atoms with Crippen LogP contribution in [0.2, 0.25) is 0 Å². The van der Waals surface area contributed by atoms with Gasteiger partial charge in [-0.25, -0.2) is 9.18 Å². The van der Waals surface area contributed by atoms with Crippen molar-refractivity contribution < 1.29 is 19.4 Å². The SMILES string of the molecule is CC(C)(C)CN(CC(CCN1CC(N2CCC(O)CC2)C1)c1ccc(F)cc1)C(=O)O. The van der Waals surface area contributed by atoms with Gasteiger partial charge in [0.15, 0.2) is 0 Å². The minimum atomic E-state index is -0.904. The number of nitrogens with zero attached hydrogens (tertiary/aromatic N) is 3.